The molecule has 3 unspecified atom stereocenters. The zero-order valence-corrected chi connectivity index (χ0v) is 22.5. The molecule has 3 heteroatoms. The number of hydrogen-bond donors (Lipinski definition) is 1. The van der Waals surface area contributed by atoms with Gasteiger partial charge in [-0.1, -0.05) is 55.4 Å². The van der Waals surface area contributed by atoms with Crippen LogP contribution in [0, 0.1) is 56.2 Å². The average molecular weight is 457 g/mol. The summed E-state index contributed by atoms with van der Waals surface area (Å²) in [6, 6.07) is 0. The Morgan fingerprint density at radius 2 is 1.45 bits per heavy atom. The topological polar surface area (TPSA) is 54.4 Å². The highest BCUT2D eigenvalue weighted by atomic mass is 16.3. The first kappa shape index (κ1) is 24.0. The molecule has 5 rings (SSSR count). The van der Waals surface area contributed by atoms with Crippen LogP contribution in [0.1, 0.15) is 113 Å². The quantitative estimate of drug-likeness (QED) is 0.446. The van der Waals surface area contributed by atoms with Gasteiger partial charge in [0.1, 0.15) is 11.6 Å². The van der Waals surface area contributed by atoms with E-state index in [1.54, 1.807) is 0 Å². The number of carbonyl (C=O) groups excluding carboxylic acids is 2. The van der Waals surface area contributed by atoms with Crippen LogP contribution in [-0.2, 0) is 9.59 Å². The Hall–Kier alpha value is -0.700. The minimum atomic E-state index is -0.497. The van der Waals surface area contributed by atoms with Crippen LogP contribution in [-0.4, -0.2) is 22.8 Å². The van der Waals surface area contributed by atoms with Gasteiger partial charge in [-0.05, 0) is 84.4 Å². The van der Waals surface area contributed by atoms with Crippen LogP contribution in [0.25, 0.3) is 0 Å². The molecule has 0 aromatic rings. The molecule has 5 aliphatic carbocycles. The molecule has 5 fully saturated rings. The molecular formula is C30H48O3. The van der Waals surface area contributed by atoms with Crippen molar-refractivity contribution in [3.63, 3.8) is 0 Å². The highest BCUT2D eigenvalue weighted by molar-refractivity contribution is 5.88. The fourth-order valence-corrected chi connectivity index (χ4v) is 11.1. The first-order valence-electron chi connectivity index (χ1n) is 13.8. The predicted octanol–water partition coefficient (Wildman–Crippen LogP) is 6.61. The third kappa shape index (κ3) is 2.73. The van der Waals surface area contributed by atoms with E-state index in [0.717, 1.165) is 38.5 Å². The molecule has 0 amide bonds. The van der Waals surface area contributed by atoms with E-state index in [1.165, 1.54) is 6.42 Å². The summed E-state index contributed by atoms with van der Waals surface area (Å²) in [5.74, 6) is 1.97. The number of aliphatic hydroxyl groups excluding tert-OH is 1. The van der Waals surface area contributed by atoms with Gasteiger partial charge in [-0.15, -0.1) is 0 Å². The summed E-state index contributed by atoms with van der Waals surface area (Å²) in [6.45, 7) is 18.6. The minimum absolute atomic E-state index is 0.00450. The van der Waals surface area contributed by atoms with Crippen LogP contribution in [0.2, 0.25) is 0 Å². The van der Waals surface area contributed by atoms with Crippen LogP contribution >= 0.6 is 0 Å². The number of Topliss-reactive ketones (excluding diaryl/α,β-unsaturated/α-hetero) is 2. The van der Waals surface area contributed by atoms with Crippen molar-refractivity contribution in [3.8, 4) is 0 Å². The molecule has 5 saturated carbocycles. The van der Waals surface area contributed by atoms with Gasteiger partial charge in [0.25, 0.3) is 0 Å². The van der Waals surface area contributed by atoms with Crippen molar-refractivity contribution in [2.75, 3.05) is 0 Å². The maximum absolute atomic E-state index is 14.3. The van der Waals surface area contributed by atoms with Gasteiger partial charge in [0.15, 0.2) is 0 Å². The van der Waals surface area contributed by atoms with Gasteiger partial charge in [-0.3, -0.25) is 9.59 Å². The molecule has 0 aromatic heterocycles. The monoisotopic (exact) mass is 456 g/mol. The zero-order chi connectivity index (χ0) is 24.4. The summed E-state index contributed by atoms with van der Waals surface area (Å²) in [5, 5.41) is 12.1. The molecule has 0 saturated heterocycles. The molecular weight excluding hydrogens is 408 g/mol. The summed E-state index contributed by atoms with van der Waals surface area (Å²) in [5.41, 5.74) is -0.720. The lowest BCUT2D eigenvalue weighted by atomic mass is 9.29. The number of carbonyl (C=O) groups is 2. The van der Waals surface area contributed by atoms with Crippen molar-refractivity contribution in [3.05, 3.63) is 0 Å². The summed E-state index contributed by atoms with van der Waals surface area (Å²) in [6.07, 6.45) is 8.00. The van der Waals surface area contributed by atoms with E-state index in [1.807, 2.05) is 0 Å². The largest absolute Gasteiger partial charge is 0.392 e. The van der Waals surface area contributed by atoms with E-state index in [-0.39, 0.29) is 33.0 Å². The van der Waals surface area contributed by atoms with E-state index in [2.05, 4.69) is 55.4 Å². The van der Waals surface area contributed by atoms with Crippen LogP contribution in [0.3, 0.4) is 0 Å². The van der Waals surface area contributed by atoms with Crippen LogP contribution in [0.5, 0.6) is 0 Å². The average Bonchev–Trinajstić information content (AvgIpc) is 2.71. The Kier molecular flexibility index (Phi) is 4.90. The summed E-state index contributed by atoms with van der Waals surface area (Å²) < 4.78 is 0. The van der Waals surface area contributed by atoms with E-state index < -0.39 is 11.5 Å². The molecule has 0 bridgehead atoms. The smallest absolute Gasteiger partial charge is 0.140 e. The zero-order valence-electron chi connectivity index (χ0n) is 22.5. The van der Waals surface area contributed by atoms with Gasteiger partial charge >= 0.3 is 0 Å². The highest BCUT2D eigenvalue weighted by Crippen LogP contribution is 2.77. The number of aliphatic hydroxyl groups is 1. The molecule has 10 atom stereocenters. The van der Waals surface area contributed by atoms with E-state index in [4.69, 9.17) is 0 Å². The Morgan fingerprint density at radius 3 is 2.12 bits per heavy atom. The Labute approximate surface area is 201 Å². The molecule has 186 valence electrons. The first-order valence-corrected chi connectivity index (χ1v) is 13.8. The normalized spacial score (nSPS) is 58.0. The van der Waals surface area contributed by atoms with Gasteiger partial charge in [0, 0.05) is 29.6 Å². The van der Waals surface area contributed by atoms with Crippen molar-refractivity contribution < 1.29 is 14.7 Å². The van der Waals surface area contributed by atoms with Crippen molar-refractivity contribution in [1.82, 2.24) is 0 Å². The summed E-state index contributed by atoms with van der Waals surface area (Å²) in [4.78, 5) is 27.0. The Balaban J connectivity index is 1.64. The number of hydrogen-bond acceptors (Lipinski definition) is 3. The maximum Gasteiger partial charge on any atom is 0.140 e. The van der Waals surface area contributed by atoms with Gasteiger partial charge in [-0.2, -0.15) is 0 Å². The molecule has 0 spiro atoms. The maximum atomic E-state index is 14.3. The molecule has 0 heterocycles. The van der Waals surface area contributed by atoms with E-state index >= 15 is 0 Å². The second kappa shape index (κ2) is 6.74. The number of fused-ring (bicyclic) bond motifs is 7. The third-order valence-corrected chi connectivity index (χ3v) is 13.5. The Bertz CT molecular complexity index is 891. The van der Waals surface area contributed by atoms with Crippen LogP contribution in [0.15, 0.2) is 0 Å². The predicted molar refractivity (Wildman–Crippen MR) is 132 cm³/mol. The molecule has 0 aromatic carbocycles. The van der Waals surface area contributed by atoms with Crippen LogP contribution < -0.4 is 0 Å². The number of ketones is 2. The third-order valence-electron chi connectivity index (χ3n) is 13.5. The summed E-state index contributed by atoms with van der Waals surface area (Å²) >= 11 is 0. The van der Waals surface area contributed by atoms with Crippen molar-refractivity contribution in [1.29, 1.82) is 0 Å². The summed E-state index contributed by atoms with van der Waals surface area (Å²) in [7, 11) is 0. The van der Waals surface area contributed by atoms with Gasteiger partial charge in [-0.25, -0.2) is 0 Å². The van der Waals surface area contributed by atoms with Crippen molar-refractivity contribution in [2.24, 2.45) is 56.2 Å². The molecule has 33 heavy (non-hydrogen) atoms. The highest BCUT2D eigenvalue weighted by Gasteiger charge is 2.76. The second-order valence-corrected chi connectivity index (χ2v) is 15.3. The molecule has 0 aliphatic heterocycles. The first-order chi connectivity index (χ1) is 15.1. The van der Waals surface area contributed by atoms with Crippen molar-refractivity contribution >= 4 is 11.6 Å². The SMILES string of the molecule is C[C@H]1C(=O)CCC2[C@]3(C)C[C@H](O)[C@@]4(C)C5CC(C)(C)CC[C@]5(C)CC(=O)[C@]4(C)C3CC[C@@]21C. The van der Waals surface area contributed by atoms with E-state index in [9.17, 15) is 14.7 Å². The molecule has 5 aliphatic rings. The van der Waals surface area contributed by atoms with Crippen molar-refractivity contribution in [2.45, 2.75) is 119 Å². The molecule has 1 N–H and O–H groups in total. The lowest BCUT2D eigenvalue weighted by Crippen LogP contribution is -2.74. The van der Waals surface area contributed by atoms with Crippen LogP contribution in [0.4, 0.5) is 0 Å². The minimum Gasteiger partial charge on any atom is -0.392 e. The lowest BCUT2D eigenvalue weighted by molar-refractivity contribution is -0.276. The van der Waals surface area contributed by atoms with E-state index in [0.29, 0.717) is 42.2 Å². The van der Waals surface area contributed by atoms with Gasteiger partial charge < -0.3 is 5.11 Å². The fraction of sp³-hybridized carbons (Fsp3) is 0.933. The Morgan fingerprint density at radius 1 is 0.788 bits per heavy atom. The lowest BCUT2D eigenvalue weighted by Gasteiger charge is -2.74. The second-order valence-electron chi connectivity index (χ2n) is 15.3. The van der Waals surface area contributed by atoms with Gasteiger partial charge in [0.2, 0.25) is 0 Å². The van der Waals surface area contributed by atoms with Gasteiger partial charge in [0.05, 0.1) is 6.10 Å². The molecule has 3 nitrogen and oxygen atoms in total. The fourth-order valence-electron chi connectivity index (χ4n) is 11.1. The number of rotatable bonds is 0. The standard InChI is InChI=1S/C30H48O3/c1-18-19(31)9-10-20-27(18,5)12-11-21-28(20,6)17-24(33)30(8)22-15-25(2,3)13-14-26(22,4)16-23(32)29(21,30)7/h18,20-22,24,33H,9-17H2,1-8H3/t18-,20?,21?,22?,24-,26+,27+,28-,29-,30+/m0/s1. The molecule has 0 radical (unpaired) electrons.